The van der Waals surface area contributed by atoms with Gasteiger partial charge in [-0.1, -0.05) is 182 Å². The Labute approximate surface area is 441 Å². The van der Waals surface area contributed by atoms with E-state index in [0.717, 1.165) is 149 Å². The van der Waals surface area contributed by atoms with Crippen molar-refractivity contribution in [3.63, 3.8) is 0 Å². The number of rotatable bonds is 28. The fraction of sp³-hybridized carbons (Fsp3) is 0.324. The van der Waals surface area contributed by atoms with Crippen LogP contribution in [0.2, 0.25) is 0 Å². The van der Waals surface area contributed by atoms with Gasteiger partial charge in [0, 0.05) is 33.7 Å². The maximum Gasteiger partial charge on any atom is 0.156 e. The second kappa shape index (κ2) is 29.3. The Morgan fingerprint density at radius 2 is 0.946 bits per heavy atom. The lowest BCUT2D eigenvalue weighted by Crippen LogP contribution is -2.05. The van der Waals surface area contributed by atoms with Gasteiger partial charge in [0.2, 0.25) is 0 Å². The highest BCUT2D eigenvalue weighted by Gasteiger charge is 2.24. The van der Waals surface area contributed by atoms with Gasteiger partial charge in [0.1, 0.15) is 36.6 Å². The average molecular weight is 985 g/mol. The molecule has 0 amide bonds. The van der Waals surface area contributed by atoms with Crippen molar-refractivity contribution >= 4 is 10.8 Å². The molecule has 0 aromatic heterocycles. The monoisotopic (exact) mass is 985 g/mol. The summed E-state index contributed by atoms with van der Waals surface area (Å²) in [5.41, 5.74) is 9.07. The first-order chi connectivity index (χ1) is 36.4. The molecule has 0 heterocycles. The number of benzene rings is 7. The van der Waals surface area contributed by atoms with Crippen LogP contribution in [0.25, 0.3) is 44.2 Å². The quantitative estimate of drug-likeness (QED) is 0.0376. The molecule has 0 aliphatic heterocycles. The van der Waals surface area contributed by atoms with E-state index >= 15 is 0 Å². The predicted molar refractivity (Wildman–Crippen MR) is 304 cm³/mol. The first kappa shape index (κ1) is 54.4. The molecule has 380 valence electrons. The summed E-state index contributed by atoms with van der Waals surface area (Å²) in [5, 5.41) is 25.8. The molecule has 0 spiro atoms. The molecule has 0 bridgehead atoms. The summed E-state index contributed by atoms with van der Waals surface area (Å²) in [7, 11) is 0. The topological polar surface area (TPSA) is 77.4 Å². The van der Waals surface area contributed by atoms with Crippen molar-refractivity contribution in [2.24, 2.45) is 0 Å². The zero-order valence-corrected chi connectivity index (χ0v) is 43.6. The van der Waals surface area contributed by atoms with Crippen LogP contribution < -0.4 is 18.9 Å². The predicted octanol–water partition coefficient (Wildman–Crippen LogP) is 16.9. The van der Waals surface area contributed by atoms with Crippen LogP contribution in [0.15, 0.2) is 146 Å². The Balaban J connectivity index is 1.35. The van der Waals surface area contributed by atoms with Gasteiger partial charge in [-0.2, -0.15) is 0 Å². The molecule has 0 radical (unpaired) electrons. The van der Waals surface area contributed by atoms with Crippen LogP contribution in [0, 0.1) is 36.2 Å². The Morgan fingerprint density at radius 3 is 1.54 bits per heavy atom. The van der Waals surface area contributed by atoms with Crippen LogP contribution in [0.4, 0.5) is 0 Å². The van der Waals surface area contributed by atoms with Gasteiger partial charge >= 0.3 is 0 Å². The lowest BCUT2D eigenvalue weighted by molar-refractivity contribution is 0.163. The van der Waals surface area contributed by atoms with Crippen molar-refractivity contribution < 1.29 is 29.2 Å². The second-order valence-electron chi connectivity index (χ2n) is 19.0. The highest BCUT2D eigenvalue weighted by molar-refractivity contribution is 6.03. The molecule has 6 nitrogen and oxygen atoms in total. The van der Waals surface area contributed by atoms with Crippen molar-refractivity contribution in [1.82, 2.24) is 0 Å². The van der Waals surface area contributed by atoms with Crippen LogP contribution >= 0.6 is 0 Å². The van der Waals surface area contributed by atoms with Crippen LogP contribution in [-0.2, 0) is 13.2 Å². The van der Waals surface area contributed by atoms with Crippen molar-refractivity contribution in [2.45, 2.75) is 136 Å². The molecule has 7 rings (SSSR count). The van der Waals surface area contributed by atoms with E-state index in [-0.39, 0.29) is 0 Å². The van der Waals surface area contributed by atoms with Crippen LogP contribution in [0.5, 0.6) is 23.0 Å². The van der Waals surface area contributed by atoms with Gasteiger partial charge < -0.3 is 29.2 Å². The fourth-order valence-electron chi connectivity index (χ4n) is 9.39. The van der Waals surface area contributed by atoms with E-state index in [4.69, 9.17) is 25.4 Å². The fourth-order valence-corrected chi connectivity index (χ4v) is 9.39. The van der Waals surface area contributed by atoms with Crippen LogP contribution in [-0.4, -0.2) is 16.8 Å². The minimum atomic E-state index is -0.748. The summed E-state index contributed by atoms with van der Waals surface area (Å²) >= 11 is 0. The number of aliphatic hydroxyl groups is 2. The highest BCUT2D eigenvalue weighted by Crippen LogP contribution is 2.48. The Hall–Kier alpha value is -7.40. The SMILES string of the molecule is C#CC#CC#COc1c(-c2ccc(-c3ccc(OCc4ccccc4)cc3)cc2C(O)CCCCCC)ccc2c(OCCCCCC)c(-c3ccc(OCc4ccccc4)cc3C(O)CCCCCC)ccc12. The summed E-state index contributed by atoms with van der Waals surface area (Å²) in [6, 6.07) is 48.9. The van der Waals surface area contributed by atoms with Gasteiger partial charge in [0.25, 0.3) is 0 Å². The van der Waals surface area contributed by atoms with Gasteiger partial charge in [0.15, 0.2) is 5.75 Å². The molecule has 7 aromatic carbocycles. The molecule has 0 aliphatic rings. The van der Waals surface area contributed by atoms with E-state index in [2.05, 4.69) is 117 Å². The molecule has 6 heteroatoms. The molecule has 2 atom stereocenters. The lowest BCUT2D eigenvalue weighted by Gasteiger charge is -2.23. The third-order valence-electron chi connectivity index (χ3n) is 13.5. The molecule has 0 saturated carbocycles. The average Bonchev–Trinajstić information content (AvgIpc) is 3.45. The third kappa shape index (κ3) is 15.3. The maximum atomic E-state index is 12.2. The Morgan fingerprint density at radius 1 is 0.446 bits per heavy atom. The number of hydrogen-bond acceptors (Lipinski definition) is 6. The van der Waals surface area contributed by atoms with Gasteiger partial charge in [-0.3, -0.25) is 0 Å². The minimum Gasteiger partial charge on any atom is -0.492 e. The maximum absolute atomic E-state index is 12.2. The standard InChI is InChI=1S/C68H72O6/c1-5-9-13-23-31-65(69)63-47-54(53-33-36-55(37-34-53)73-49-51-27-19-17-20-28-51)35-39-57(63)59-41-43-62-61(67(59)71-45-25-15-11-7-3)44-42-60(68(62)72-46-26-16-12-8-4)58-40-38-56(74-50-52-29-21-18-22-30-52)48-64(58)66(70)32-24-14-10-6-2/h3,17-22,27-30,33-44,47-48,65-66,69-70H,5-6,8-10,12-14,16,23-24,26,31-32,46,49-50H2,1-2,4H3. The zero-order chi connectivity index (χ0) is 51.7. The third-order valence-corrected chi connectivity index (χ3v) is 13.5. The van der Waals surface area contributed by atoms with Crippen LogP contribution in [0.3, 0.4) is 0 Å². The molecule has 0 fully saturated rings. The molecular formula is C68H72O6. The van der Waals surface area contributed by atoms with Gasteiger partial charge in [-0.15, -0.1) is 6.42 Å². The highest BCUT2D eigenvalue weighted by atomic mass is 16.5. The number of unbranched alkanes of at least 4 members (excludes halogenated alkanes) is 9. The number of terminal acetylenes is 1. The Bertz CT molecular complexity index is 3020. The van der Waals surface area contributed by atoms with E-state index < -0.39 is 12.2 Å². The molecule has 0 saturated heterocycles. The lowest BCUT2D eigenvalue weighted by atomic mass is 9.87. The van der Waals surface area contributed by atoms with Crippen molar-refractivity contribution in [3.05, 3.63) is 168 Å². The van der Waals surface area contributed by atoms with E-state index in [1.165, 1.54) is 0 Å². The van der Waals surface area contributed by atoms with E-state index in [9.17, 15) is 10.2 Å². The molecular weight excluding hydrogens is 913 g/mol. The molecule has 2 unspecified atom stereocenters. The van der Waals surface area contributed by atoms with Crippen molar-refractivity contribution in [1.29, 1.82) is 0 Å². The number of aliphatic hydroxyl groups excluding tert-OH is 2. The zero-order valence-electron chi connectivity index (χ0n) is 43.6. The first-order valence-electron chi connectivity index (χ1n) is 26.9. The van der Waals surface area contributed by atoms with Crippen molar-refractivity contribution in [3.8, 4) is 92.6 Å². The number of ether oxygens (including phenoxy) is 4. The van der Waals surface area contributed by atoms with Gasteiger partial charge in [0.05, 0.1) is 18.8 Å². The molecule has 2 N–H and O–H groups in total. The summed E-state index contributed by atoms with van der Waals surface area (Å²) < 4.78 is 25.9. The smallest absolute Gasteiger partial charge is 0.156 e. The first-order valence-corrected chi connectivity index (χ1v) is 26.9. The summed E-state index contributed by atoms with van der Waals surface area (Å²) in [6.07, 6.45) is 20.5. The summed E-state index contributed by atoms with van der Waals surface area (Å²) in [6.45, 7) is 8.00. The largest absolute Gasteiger partial charge is 0.492 e. The molecule has 74 heavy (non-hydrogen) atoms. The van der Waals surface area contributed by atoms with Crippen LogP contribution in [0.1, 0.15) is 145 Å². The normalized spacial score (nSPS) is 11.6. The number of fused-ring (bicyclic) bond motifs is 1. The van der Waals surface area contributed by atoms with Crippen molar-refractivity contribution in [2.75, 3.05) is 6.61 Å². The van der Waals surface area contributed by atoms with E-state index in [1.54, 1.807) is 0 Å². The van der Waals surface area contributed by atoms with E-state index in [1.807, 2.05) is 78.9 Å². The summed E-state index contributed by atoms with van der Waals surface area (Å²) in [5.74, 6) is 13.0. The summed E-state index contributed by atoms with van der Waals surface area (Å²) in [4.78, 5) is 0. The molecule has 0 aliphatic carbocycles. The van der Waals surface area contributed by atoms with Gasteiger partial charge in [-0.05, 0) is 130 Å². The second-order valence-corrected chi connectivity index (χ2v) is 19.0. The number of hydrogen-bond donors (Lipinski definition) is 2. The van der Waals surface area contributed by atoms with Gasteiger partial charge in [-0.25, -0.2) is 0 Å². The Kier molecular flexibility index (Phi) is 21.6. The van der Waals surface area contributed by atoms with E-state index in [0.29, 0.717) is 49.9 Å². The minimum absolute atomic E-state index is 0.412. The molecule has 7 aromatic rings.